The molecule has 6 heteroatoms. The van der Waals surface area contributed by atoms with E-state index in [4.69, 9.17) is 9.47 Å². The van der Waals surface area contributed by atoms with E-state index in [0.717, 1.165) is 12.8 Å². The van der Waals surface area contributed by atoms with E-state index in [1.165, 1.54) is 103 Å². The van der Waals surface area contributed by atoms with Crippen LogP contribution in [0.5, 0.6) is 23.0 Å². The first kappa shape index (κ1) is 38.2. The lowest BCUT2D eigenvalue weighted by atomic mass is 10.1. The molecule has 0 aromatic heterocycles. The molecule has 0 aliphatic carbocycles. The van der Waals surface area contributed by atoms with Gasteiger partial charge >= 0.3 is 0 Å². The molecule has 0 saturated heterocycles. The number of nitrogens with zero attached hydrogens (tertiary/aromatic N) is 2. The second-order valence-corrected chi connectivity index (χ2v) is 12.4. The molecule has 0 heterocycles. The second-order valence-electron chi connectivity index (χ2n) is 12.4. The highest BCUT2D eigenvalue weighted by atomic mass is 16.5. The number of aliphatic imine (C=N–C) groups is 2. The van der Waals surface area contributed by atoms with Crippen molar-refractivity contribution in [2.45, 2.75) is 142 Å². The van der Waals surface area contributed by atoms with E-state index in [9.17, 15) is 10.2 Å². The Morgan fingerprint density at radius 2 is 0.978 bits per heavy atom. The molecule has 2 rings (SSSR count). The van der Waals surface area contributed by atoms with Crippen molar-refractivity contribution in [3.8, 4) is 23.0 Å². The SMILES string of the molecule is CCCCCCCCCCCOc1ccc(C=NC[C@H](C)N=Cc2ccc(OCCCCCCCCCCC)cc2O)c(O)c1. The third-order valence-corrected chi connectivity index (χ3v) is 8.11. The quantitative estimate of drug-likeness (QED) is 0.0767. The predicted octanol–water partition coefficient (Wildman–Crippen LogP) is 10.8. The smallest absolute Gasteiger partial charge is 0.128 e. The average Bonchev–Trinajstić information content (AvgIpc) is 3.03. The van der Waals surface area contributed by atoms with Crippen molar-refractivity contribution < 1.29 is 19.7 Å². The second kappa shape index (κ2) is 25.2. The summed E-state index contributed by atoms with van der Waals surface area (Å²) in [6, 6.07) is 10.7. The standard InChI is InChI=1S/C39H62N2O4/c1-4-6-8-10-12-14-16-18-20-26-44-36-24-22-34(38(42)28-36)31-40-30-33(3)41-32-35-23-25-37(29-39(35)43)45-27-21-19-17-15-13-11-9-7-5-2/h22-25,28-29,31-33,42-43H,4-21,26-27,30H2,1-3H3/t33-/m0/s1. The normalized spacial score (nSPS) is 12.3. The van der Waals surface area contributed by atoms with E-state index in [2.05, 4.69) is 23.8 Å². The van der Waals surface area contributed by atoms with E-state index in [1.807, 2.05) is 31.2 Å². The van der Waals surface area contributed by atoms with Crippen molar-refractivity contribution >= 4 is 12.4 Å². The maximum Gasteiger partial charge on any atom is 0.128 e. The zero-order chi connectivity index (χ0) is 32.4. The molecule has 0 radical (unpaired) electrons. The number of unbranched alkanes of at least 4 members (excludes halogenated alkanes) is 16. The van der Waals surface area contributed by atoms with Crippen molar-refractivity contribution in [1.29, 1.82) is 0 Å². The summed E-state index contributed by atoms with van der Waals surface area (Å²) in [4.78, 5) is 9.00. The molecule has 45 heavy (non-hydrogen) atoms. The molecule has 0 saturated carbocycles. The number of rotatable bonds is 27. The Kier molecular flexibility index (Phi) is 21.4. The van der Waals surface area contributed by atoms with Gasteiger partial charge in [-0.05, 0) is 44.0 Å². The summed E-state index contributed by atoms with van der Waals surface area (Å²) < 4.78 is 11.7. The largest absolute Gasteiger partial charge is 0.507 e. The number of phenols is 2. The highest BCUT2D eigenvalue weighted by molar-refractivity contribution is 5.84. The molecule has 0 unspecified atom stereocenters. The van der Waals surface area contributed by atoms with Crippen LogP contribution in [0.25, 0.3) is 0 Å². The van der Waals surface area contributed by atoms with Crippen LogP contribution in [0.4, 0.5) is 0 Å². The monoisotopic (exact) mass is 622 g/mol. The van der Waals surface area contributed by atoms with Gasteiger partial charge < -0.3 is 19.7 Å². The molecule has 0 fully saturated rings. The summed E-state index contributed by atoms with van der Waals surface area (Å²) in [5.74, 6) is 1.68. The topological polar surface area (TPSA) is 83.6 Å². The lowest BCUT2D eigenvalue weighted by molar-refractivity contribution is 0.302. The fourth-order valence-electron chi connectivity index (χ4n) is 5.21. The van der Waals surface area contributed by atoms with Crippen molar-refractivity contribution in [2.75, 3.05) is 19.8 Å². The van der Waals surface area contributed by atoms with Gasteiger partial charge in [0.1, 0.15) is 23.0 Å². The Morgan fingerprint density at radius 1 is 0.578 bits per heavy atom. The first-order chi connectivity index (χ1) is 22.0. The lowest BCUT2D eigenvalue weighted by Crippen LogP contribution is -2.04. The molecular weight excluding hydrogens is 560 g/mol. The molecule has 252 valence electrons. The number of phenolic OH excluding ortho intramolecular Hbond substituents is 2. The Hall–Kier alpha value is -3.02. The van der Waals surface area contributed by atoms with Crippen LogP contribution in [0.15, 0.2) is 46.4 Å². The summed E-state index contributed by atoms with van der Waals surface area (Å²) in [6.45, 7) is 8.28. The lowest BCUT2D eigenvalue weighted by Gasteiger charge is -2.09. The highest BCUT2D eigenvalue weighted by Crippen LogP contribution is 2.24. The zero-order valence-electron chi connectivity index (χ0n) is 28.7. The molecule has 0 spiro atoms. The first-order valence-corrected chi connectivity index (χ1v) is 18.0. The van der Waals surface area contributed by atoms with Gasteiger partial charge in [0.05, 0.1) is 25.8 Å². The van der Waals surface area contributed by atoms with E-state index < -0.39 is 0 Å². The van der Waals surface area contributed by atoms with Crippen molar-refractivity contribution in [3.63, 3.8) is 0 Å². The van der Waals surface area contributed by atoms with Gasteiger partial charge in [0.2, 0.25) is 0 Å². The molecule has 0 amide bonds. The fourth-order valence-corrected chi connectivity index (χ4v) is 5.21. The summed E-state index contributed by atoms with van der Waals surface area (Å²) in [5, 5.41) is 20.9. The minimum atomic E-state index is -0.0793. The number of ether oxygens (including phenoxy) is 2. The van der Waals surface area contributed by atoms with Gasteiger partial charge in [-0.1, -0.05) is 117 Å². The first-order valence-electron chi connectivity index (χ1n) is 18.0. The minimum absolute atomic E-state index is 0.0793. The van der Waals surface area contributed by atoms with Gasteiger partial charge in [-0.3, -0.25) is 9.98 Å². The third kappa shape index (κ3) is 18.5. The molecule has 6 nitrogen and oxygen atoms in total. The third-order valence-electron chi connectivity index (χ3n) is 8.11. The maximum absolute atomic E-state index is 10.4. The van der Waals surface area contributed by atoms with E-state index in [1.54, 1.807) is 24.6 Å². The molecule has 1 atom stereocenters. The fraction of sp³-hybridized carbons (Fsp3) is 0.641. The molecule has 0 aliphatic rings. The van der Waals surface area contributed by atoms with Crippen LogP contribution < -0.4 is 9.47 Å². The van der Waals surface area contributed by atoms with Crippen LogP contribution in [0, 0.1) is 0 Å². The van der Waals surface area contributed by atoms with Gasteiger partial charge in [-0.15, -0.1) is 0 Å². The Bertz CT molecular complexity index is 1080. The van der Waals surface area contributed by atoms with Gasteiger partial charge in [0.15, 0.2) is 0 Å². The van der Waals surface area contributed by atoms with Gasteiger partial charge in [0, 0.05) is 35.7 Å². The Labute approximate surface area is 274 Å². The van der Waals surface area contributed by atoms with E-state index in [0.29, 0.717) is 42.4 Å². The van der Waals surface area contributed by atoms with Crippen LogP contribution in [0.1, 0.15) is 147 Å². The molecule has 2 aromatic carbocycles. The van der Waals surface area contributed by atoms with Crippen molar-refractivity contribution in [2.24, 2.45) is 9.98 Å². The van der Waals surface area contributed by atoms with Crippen molar-refractivity contribution in [1.82, 2.24) is 0 Å². The summed E-state index contributed by atoms with van der Waals surface area (Å²) >= 11 is 0. The van der Waals surface area contributed by atoms with E-state index in [-0.39, 0.29) is 17.5 Å². The van der Waals surface area contributed by atoms with Gasteiger partial charge in [-0.2, -0.15) is 0 Å². The summed E-state index contributed by atoms with van der Waals surface area (Å²) in [6.07, 6.45) is 26.4. The average molecular weight is 623 g/mol. The van der Waals surface area contributed by atoms with Crippen LogP contribution in [-0.4, -0.2) is 48.4 Å². The van der Waals surface area contributed by atoms with Crippen LogP contribution in [-0.2, 0) is 0 Å². The van der Waals surface area contributed by atoms with Gasteiger partial charge in [0.25, 0.3) is 0 Å². The molecular formula is C39H62N2O4. The van der Waals surface area contributed by atoms with Crippen LogP contribution in [0.3, 0.4) is 0 Å². The predicted molar refractivity (Wildman–Crippen MR) is 191 cm³/mol. The molecule has 0 aliphatic heterocycles. The zero-order valence-corrected chi connectivity index (χ0v) is 28.7. The summed E-state index contributed by atoms with van der Waals surface area (Å²) in [5.41, 5.74) is 1.30. The van der Waals surface area contributed by atoms with E-state index >= 15 is 0 Å². The van der Waals surface area contributed by atoms with Crippen LogP contribution >= 0.6 is 0 Å². The molecule has 2 aromatic rings. The number of benzene rings is 2. The Morgan fingerprint density at radius 3 is 1.40 bits per heavy atom. The maximum atomic E-state index is 10.4. The highest BCUT2D eigenvalue weighted by Gasteiger charge is 2.05. The number of hydrogen-bond donors (Lipinski definition) is 2. The molecule has 2 N–H and O–H groups in total. The molecule has 0 bridgehead atoms. The number of hydrogen-bond acceptors (Lipinski definition) is 6. The van der Waals surface area contributed by atoms with Crippen molar-refractivity contribution in [3.05, 3.63) is 47.5 Å². The number of aromatic hydroxyl groups is 2. The van der Waals surface area contributed by atoms with Crippen LogP contribution in [0.2, 0.25) is 0 Å². The van der Waals surface area contributed by atoms with Gasteiger partial charge in [-0.25, -0.2) is 0 Å². The Balaban J connectivity index is 1.62. The summed E-state index contributed by atoms with van der Waals surface area (Å²) in [7, 11) is 0. The minimum Gasteiger partial charge on any atom is -0.507 e.